The molecule has 0 aliphatic carbocycles. The van der Waals surface area contributed by atoms with Crippen molar-refractivity contribution in [3.63, 3.8) is 0 Å². The van der Waals surface area contributed by atoms with E-state index in [-0.39, 0.29) is 11.9 Å². The topological polar surface area (TPSA) is 76.8 Å². The predicted molar refractivity (Wildman–Crippen MR) is 114 cm³/mol. The maximum atomic E-state index is 13.0. The lowest BCUT2D eigenvalue weighted by Crippen LogP contribution is -2.47. The number of hydrogen-bond acceptors (Lipinski definition) is 5. The van der Waals surface area contributed by atoms with Crippen molar-refractivity contribution in [1.29, 1.82) is 0 Å². The molecule has 0 bridgehead atoms. The van der Waals surface area contributed by atoms with Crippen molar-refractivity contribution in [1.82, 2.24) is 25.0 Å². The molecule has 1 aliphatic heterocycles. The summed E-state index contributed by atoms with van der Waals surface area (Å²) in [5.74, 6) is 1.49. The molecule has 2 aromatic heterocycles. The summed E-state index contributed by atoms with van der Waals surface area (Å²) in [7, 11) is 3.67. The Morgan fingerprint density at radius 3 is 2.77 bits per heavy atom. The van der Waals surface area contributed by atoms with Crippen LogP contribution in [0.15, 0.2) is 60.0 Å². The van der Waals surface area contributed by atoms with Crippen LogP contribution in [-0.2, 0) is 18.3 Å². The Morgan fingerprint density at radius 2 is 2.10 bits per heavy atom. The van der Waals surface area contributed by atoms with Crippen molar-refractivity contribution in [2.45, 2.75) is 12.6 Å². The summed E-state index contributed by atoms with van der Waals surface area (Å²) < 4.78 is 26.3. The lowest BCUT2D eigenvalue weighted by atomic mass is 10.1. The van der Waals surface area contributed by atoms with Gasteiger partial charge in [-0.1, -0.05) is 6.07 Å². The van der Waals surface area contributed by atoms with Gasteiger partial charge in [0.15, 0.2) is 5.96 Å². The number of benzene rings is 1. The molecule has 3 aromatic rings. The van der Waals surface area contributed by atoms with Gasteiger partial charge in [-0.2, -0.15) is 5.10 Å². The Morgan fingerprint density at radius 1 is 1.26 bits per heavy atom. The van der Waals surface area contributed by atoms with Crippen molar-refractivity contribution >= 4 is 5.96 Å². The van der Waals surface area contributed by atoms with Gasteiger partial charge in [-0.3, -0.25) is 9.67 Å². The third-order valence-corrected chi connectivity index (χ3v) is 4.96. The van der Waals surface area contributed by atoms with Gasteiger partial charge in [0.05, 0.1) is 19.3 Å². The zero-order valence-corrected chi connectivity index (χ0v) is 17.5. The fourth-order valence-electron chi connectivity index (χ4n) is 3.36. The normalized spacial score (nSPS) is 16.9. The summed E-state index contributed by atoms with van der Waals surface area (Å²) in [5, 5.41) is 7.62. The van der Waals surface area contributed by atoms with Gasteiger partial charge in [-0.25, -0.2) is 9.37 Å². The number of hydrogen-bond donors (Lipinski definition) is 1. The number of guanidine groups is 1. The lowest BCUT2D eigenvalue weighted by molar-refractivity contribution is -0.00805. The van der Waals surface area contributed by atoms with Gasteiger partial charge in [-0.15, -0.1) is 0 Å². The molecule has 31 heavy (non-hydrogen) atoms. The molecule has 1 fully saturated rings. The molecule has 3 heterocycles. The van der Waals surface area contributed by atoms with Gasteiger partial charge in [0.25, 0.3) is 0 Å². The summed E-state index contributed by atoms with van der Waals surface area (Å²) in [6.45, 7) is 2.66. The summed E-state index contributed by atoms with van der Waals surface area (Å²) in [6, 6.07) is 9.56. The highest BCUT2D eigenvalue weighted by Gasteiger charge is 2.25. The molecule has 1 N–H and O–H groups in total. The number of aliphatic imine (C=N–C) groups is 1. The average Bonchev–Trinajstić information content (AvgIpc) is 3.23. The van der Waals surface area contributed by atoms with E-state index in [0.29, 0.717) is 31.3 Å². The van der Waals surface area contributed by atoms with Crippen LogP contribution in [-0.4, -0.2) is 52.4 Å². The fourth-order valence-corrected chi connectivity index (χ4v) is 3.36. The van der Waals surface area contributed by atoms with E-state index in [0.717, 1.165) is 23.6 Å². The molecule has 1 atom stereocenters. The smallest absolute Gasteiger partial charge is 0.219 e. The van der Waals surface area contributed by atoms with Gasteiger partial charge >= 0.3 is 0 Å². The zero-order chi connectivity index (χ0) is 21.6. The van der Waals surface area contributed by atoms with Crippen LogP contribution in [0.2, 0.25) is 0 Å². The number of nitrogens with one attached hydrogen (secondary N) is 1. The van der Waals surface area contributed by atoms with Crippen molar-refractivity contribution in [2.24, 2.45) is 12.0 Å². The Kier molecular flexibility index (Phi) is 6.42. The van der Waals surface area contributed by atoms with Crippen LogP contribution in [0.1, 0.15) is 17.2 Å². The van der Waals surface area contributed by atoms with E-state index in [2.05, 4.69) is 25.3 Å². The molecule has 0 saturated carbocycles. The average molecular weight is 424 g/mol. The quantitative estimate of drug-likeness (QED) is 0.501. The van der Waals surface area contributed by atoms with Crippen LogP contribution in [0.3, 0.4) is 0 Å². The second-order valence-corrected chi connectivity index (χ2v) is 7.21. The number of rotatable bonds is 5. The molecule has 1 unspecified atom stereocenters. The molecule has 8 nitrogen and oxygen atoms in total. The Hall–Kier alpha value is -3.46. The van der Waals surface area contributed by atoms with Gasteiger partial charge in [0.2, 0.25) is 5.88 Å². The van der Waals surface area contributed by atoms with Crippen LogP contribution in [0, 0.1) is 5.82 Å². The van der Waals surface area contributed by atoms with Crippen LogP contribution >= 0.6 is 0 Å². The molecular weight excluding hydrogens is 399 g/mol. The van der Waals surface area contributed by atoms with E-state index < -0.39 is 0 Å². The molecule has 9 heteroatoms. The number of aryl methyl sites for hydroxylation is 1. The number of nitrogens with zero attached hydrogens (tertiary/aromatic N) is 5. The highest BCUT2D eigenvalue weighted by molar-refractivity contribution is 5.80. The highest BCUT2D eigenvalue weighted by Crippen LogP contribution is 2.22. The first-order chi connectivity index (χ1) is 15.1. The lowest BCUT2D eigenvalue weighted by Gasteiger charge is -2.34. The van der Waals surface area contributed by atoms with Crippen molar-refractivity contribution < 1.29 is 13.9 Å². The highest BCUT2D eigenvalue weighted by atomic mass is 19.1. The summed E-state index contributed by atoms with van der Waals surface area (Å²) in [6.07, 6.45) is 5.53. The maximum Gasteiger partial charge on any atom is 0.219 e. The van der Waals surface area contributed by atoms with Gasteiger partial charge in [-0.05, 0) is 29.8 Å². The zero-order valence-electron chi connectivity index (χ0n) is 17.5. The number of pyridine rings is 1. The largest absolute Gasteiger partial charge is 0.439 e. The van der Waals surface area contributed by atoms with Crippen LogP contribution < -0.4 is 10.1 Å². The number of aromatic nitrogens is 3. The predicted octanol–water partition coefficient (Wildman–Crippen LogP) is 2.90. The van der Waals surface area contributed by atoms with E-state index in [1.54, 1.807) is 36.1 Å². The maximum absolute atomic E-state index is 13.0. The molecule has 162 valence electrons. The molecule has 1 saturated heterocycles. The molecular formula is C22H25FN6O2. The SMILES string of the molecule is CN=C(NCc1ccc(Oc2ccc(F)cc2)nc1)N1CCOC(c2cnn(C)c2)C1. The van der Waals surface area contributed by atoms with Gasteiger partial charge in [0.1, 0.15) is 17.7 Å². The fraction of sp³-hybridized carbons (Fsp3) is 0.318. The van der Waals surface area contributed by atoms with Crippen LogP contribution in [0.5, 0.6) is 11.6 Å². The van der Waals surface area contributed by atoms with Crippen molar-refractivity contribution in [3.05, 3.63) is 71.9 Å². The first-order valence-corrected chi connectivity index (χ1v) is 10.0. The van der Waals surface area contributed by atoms with Gasteiger partial charge in [0, 0.05) is 51.2 Å². The van der Waals surface area contributed by atoms with Crippen LogP contribution in [0.25, 0.3) is 0 Å². The molecule has 4 rings (SSSR count). The monoisotopic (exact) mass is 424 g/mol. The summed E-state index contributed by atoms with van der Waals surface area (Å²) in [4.78, 5) is 10.9. The first kappa shape index (κ1) is 20.8. The Bertz CT molecular complexity index is 1020. The van der Waals surface area contributed by atoms with Crippen molar-refractivity contribution in [3.8, 4) is 11.6 Å². The van der Waals surface area contributed by atoms with E-state index >= 15 is 0 Å². The Labute approximate surface area is 180 Å². The van der Waals surface area contributed by atoms with E-state index in [4.69, 9.17) is 9.47 Å². The third kappa shape index (κ3) is 5.37. The minimum Gasteiger partial charge on any atom is -0.439 e. The summed E-state index contributed by atoms with van der Waals surface area (Å²) in [5.41, 5.74) is 2.05. The summed E-state index contributed by atoms with van der Waals surface area (Å²) >= 11 is 0. The minimum absolute atomic E-state index is 0.0365. The number of halogens is 1. The van der Waals surface area contributed by atoms with Crippen LogP contribution in [0.4, 0.5) is 4.39 Å². The first-order valence-electron chi connectivity index (χ1n) is 10.0. The molecule has 0 amide bonds. The third-order valence-electron chi connectivity index (χ3n) is 4.96. The number of morpholine rings is 1. The Balaban J connectivity index is 1.32. The molecule has 1 aromatic carbocycles. The standard InChI is InChI=1S/C22H25FN6O2/c1-24-22(29-9-10-30-20(15-29)17-13-27-28(2)14-17)26-12-16-3-8-21(25-11-16)31-19-6-4-18(23)5-7-19/h3-8,11,13-14,20H,9-10,12,15H2,1-2H3,(H,24,26). The second kappa shape index (κ2) is 9.57. The second-order valence-electron chi connectivity index (χ2n) is 7.21. The van der Waals surface area contributed by atoms with E-state index in [1.165, 1.54) is 12.1 Å². The van der Waals surface area contributed by atoms with E-state index in [1.807, 2.05) is 25.5 Å². The molecule has 1 aliphatic rings. The van der Waals surface area contributed by atoms with E-state index in [9.17, 15) is 4.39 Å². The number of ether oxygens (including phenoxy) is 2. The molecule has 0 spiro atoms. The van der Waals surface area contributed by atoms with Gasteiger partial charge < -0.3 is 19.7 Å². The molecule has 0 radical (unpaired) electrons. The van der Waals surface area contributed by atoms with Crippen molar-refractivity contribution in [2.75, 3.05) is 26.7 Å². The minimum atomic E-state index is -0.304.